The standard InChI is InChI=1S/C18H14ClN5S.C2H5NO/c1-10-14(7-8-20)25-18-16(10)17(12-3-5-13(19)6-4-12)21-9-15-23-22-11(2)24(15)18;1-2(3)4/h3-6H,7,9H2,1-2H3;1H3,(H2,3,4). The lowest BCUT2D eigenvalue weighted by molar-refractivity contribution is -0.115. The molecule has 1 amide bonds. The number of nitriles is 1. The molecule has 0 fully saturated rings. The molecule has 0 atom stereocenters. The van der Waals surface area contributed by atoms with E-state index in [4.69, 9.17) is 21.9 Å². The normalized spacial score (nSPS) is 11.9. The summed E-state index contributed by atoms with van der Waals surface area (Å²) < 4.78 is 2.06. The van der Waals surface area contributed by atoms with Gasteiger partial charge in [-0.2, -0.15) is 5.26 Å². The first-order valence-electron chi connectivity index (χ1n) is 8.80. The number of benzene rings is 1. The Hall–Kier alpha value is -3.02. The smallest absolute Gasteiger partial charge is 0.214 e. The molecule has 4 rings (SSSR count). The Kier molecular flexibility index (Phi) is 6.11. The van der Waals surface area contributed by atoms with Gasteiger partial charge >= 0.3 is 0 Å². The van der Waals surface area contributed by atoms with Crippen molar-refractivity contribution in [2.45, 2.75) is 33.7 Å². The molecular weight excluding hydrogens is 408 g/mol. The predicted molar refractivity (Wildman–Crippen MR) is 114 cm³/mol. The molecule has 0 spiro atoms. The lowest BCUT2D eigenvalue weighted by atomic mass is 9.99. The molecule has 1 aliphatic heterocycles. The first-order valence-corrected chi connectivity index (χ1v) is 10.00. The second kappa shape index (κ2) is 8.55. The summed E-state index contributed by atoms with van der Waals surface area (Å²) in [5.74, 6) is 1.31. The summed E-state index contributed by atoms with van der Waals surface area (Å²) in [6, 6.07) is 9.95. The number of carbonyl (C=O) groups is 1. The Morgan fingerprint density at radius 2 is 1.97 bits per heavy atom. The molecule has 0 aliphatic carbocycles. The zero-order valence-electron chi connectivity index (χ0n) is 16.2. The van der Waals surface area contributed by atoms with Crippen LogP contribution in [0.2, 0.25) is 5.02 Å². The summed E-state index contributed by atoms with van der Waals surface area (Å²) in [7, 11) is 0. The largest absolute Gasteiger partial charge is 0.370 e. The van der Waals surface area contributed by atoms with E-state index in [-0.39, 0.29) is 5.91 Å². The molecule has 9 heteroatoms. The van der Waals surface area contributed by atoms with Gasteiger partial charge in [0.05, 0.1) is 18.2 Å². The molecule has 2 aromatic heterocycles. The van der Waals surface area contributed by atoms with Gasteiger partial charge in [-0.1, -0.05) is 23.7 Å². The third kappa shape index (κ3) is 4.21. The van der Waals surface area contributed by atoms with Gasteiger partial charge in [0.15, 0.2) is 5.82 Å². The van der Waals surface area contributed by atoms with E-state index in [1.165, 1.54) is 6.92 Å². The van der Waals surface area contributed by atoms with Crippen LogP contribution in [0.4, 0.5) is 0 Å². The van der Waals surface area contributed by atoms with E-state index in [0.29, 0.717) is 18.0 Å². The average molecular weight is 427 g/mol. The fourth-order valence-corrected chi connectivity index (χ4v) is 4.50. The van der Waals surface area contributed by atoms with Gasteiger partial charge in [-0.05, 0) is 31.5 Å². The van der Waals surface area contributed by atoms with Crippen LogP contribution >= 0.6 is 22.9 Å². The number of aliphatic imine (C=N–C) groups is 1. The minimum Gasteiger partial charge on any atom is -0.370 e. The van der Waals surface area contributed by atoms with Crippen molar-refractivity contribution < 1.29 is 4.79 Å². The van der Waals surface area contributed by atoms with E-state index in [9.17, 15) is 4.79 Å². The molecule has 1 aliphatic rings. The Morgan fingerprint density at radius 3 is 2.59 bits per heavy atom. The number of rotatable bonds is 2. The topological polar surface area (TPSA) is 110 Å². The summed E-state index contributed by atoms with van der Waals surface area (Å²) in [6.45, 7) is 5.76. The van der Waals surface area contributed by atoms with E-state index in [2.05, 4.69) is 33.5 Å². The summed E-state index contributed by atoms with van der Waals surface area (Å²) in [5, 5.41) is 19.4. The molecule has 3 heterocycles. The fourth-order valence-electron chi connectivity index (χ4n) is 3.07. The van der Waals surface area contributed by atoms with Gasteiger partial charge in [-0.25, -0.2) is 0 Å². The predicted octanol–water partition coefficient (Wildman–Crippen LogP) is 3.51. The Bertz CT molecular complexity index is 1130. The summed E-state index contributed by atoms with van der Waals surface area (Å²) in [4.78, 5) is 15.1. The molecule has 7 nitrogen and oxygen atoms in total. The Morgan fingerprint density at radius 1 is 1.31 bits per heavy atom. The maximum absolute atomic E-state index is 9.22. The molecule has 0 radical (unpaired) electrons. The summed E-state index contributed by atoms with van der Waals surface area (Å²) >= 11 is 7.66. The average Bonchev–Trinajstić information content (AvgIpc) is 3.11. The fraction of sp³-hybridized carbons (Fsp3) is 0.250. The molecule has 0 saturated carbocycles. The number of amides is 1. The van der Waals surface area contributed by atoms with Crippen molar-refractivity contribution in [3.05, 3.63) is 62.5 Å². The zero-order valence-corrected chi connectivity index (χ0v) is 17.8. The quantitative estimate of drug-likeness (QED) is 0.675. The number of halogens is 1. The maximum atomic E-state index is 9.22. The summed E-state index contributed by atoms with van der Waals surface area (Å²) in [5.41, 5.74) is 8.54. The minimum atomic E-state index is -0.333. The van der Waals surface area contributed by atoms with Crippen molar-refractivity contribution in [3.8, 4) is 11.1 Å². The lowest BCUT2D eigenvalue weighted by Gasteiger charge is -2.09. The molecule has 3 aromatic rings. The molecule has 148 valence electrons. The number of hydrogen-bond acceptors (Lipinski definition) is 6. The van der Waals surface area contributed by atoms with E-state index in [0.717, 1.165) is 43.9 Å². The van der Waals surface area contributed by atoms with Crippen molar-refractivity contribution in [1.29, 1.82) is 5.26 Å². The summed E-state index contributed by atoms with van der Waals surface area (Å²) in [6.07, 6.45) is 0.383. The molecule has 0 unspecified atom stereocenters. The van der Waals surface area contributed by atoms with Crippen molar-refractivity contribution in [1.82, 2.24) is 14.8 Å². The molecular formula is C20H19ClN6OS. The monoisotopic (exact) mass is 426 g/mol. The van der Waals surface area contributed by atoms with Gasteiger partial charge in [0.25, 0.3) is 0 Å². The van der Waals surface area contributed by atoms with Crippen LogP contribution in [0.1, 0.15) is 40.1 Å². The Labute approximate surface area is 177 Å². The number of aryl methyl sites for hydroxylation is 1. The van der Waals surface area contributed by atoms with Crippen LogP contribution in [-0.2, 0) is 17.8 Å². The minimum absolute atomic E-state index is 0.333. The highest BCUT2D eigenvalue weighted by molar-refractivity contribution is 7.15. The van der Waals surface area contributed by atoms with Gasteiger partial charge in [0, 0.05) is 28.0 Å². The number of hydrogen-bond donors (Lipinski definition) is 1. The van der Waals surface area contributed by atoms with Gasteiger partial charge in [-0.3, -0.25) is 14.4 Å². The number of carbonyl (C=O) groups excluding carboxylic acids is 1. The molecule has 0 saturated heterocycles. The third-order valence-corrected chi connectivity index (χ3v) is 5.82. The maximum Gasteiger partial charge on any atom is 0.214 e. The van der Waals surface area contributed by atoms with Crippen LogP contribution in [0.5, 0.6) is 0 Å². The van der Waals surface area contributed by atoms with Crippen molar-refractivity contribution in [2.24, 2.45) is 10.7 Å². The molecule has 1 aromatic carbocycles. The van der Waals surface area contributed by atoms with Crippen LogP contribution < -0.4 is 5.73 Å². The number of nitrogens with two attached hydrogens (primary N) is 1. The van der Waals surface area contributed by atoms with Crippen molar-refractivity contribution >= 4 is 34.6 Å². The highest BCUT2D eigenvalue weighted by Crippen LogP contribution is 2.36. The number of aromatic nitrogens is 3. The van der Waals surface area contributed by atoms with Crippen molar-refractivity contribution in [2.75, 3.05) is 0 Å². The highest BCUT2D eigenvalue weighted by atomic mass is 35.5. The van der Waals surface area contributed by atoms with Crippen LogP contribution in [0.25, 0.3) is 5.00 Å². The van der Waals surface area contributed by atoms with Crippen LogP contribution in [-0.4, -0.2) is 26.4 Å². The van der Waals surface area contributed by atoms with Gasteiger partial charge < -0.3 is 5.73 Å². The number of nitrogens with zero attached hydrogens (tertiary/aromatic N) is 5. The number of primary amides is 1. The molecule has 2 N–H and O–H groups in total. The van der Waals surface area contributed by atoms with Crippen LogP contribution in [0.15, 0.2) is 29.3 Å². The van der Waals surface area contributed by atoms with Crippen LogP contribution in [0.3, 0.4) is 0 Å². The number of fused-ring (bicyclic) bond motifs is 3. The third-order valence-electron chi connectivity index (χ3n) is 4.29. The van der Waals surface area contributed by atoms with E-state index < -0.39 is 0 Å². The SMILES string of the molecule is CC(N)=O.Cc1c(CC#N)sc2c1C(c1ccc(Cl)cc1)=NCc1nnc(C)n1-2. The lowest BCUT2D eigenvalue weighted by Crippen LogP contribution is -2.07. The highest BCUT2D eigenvalue weighted by Gasteiger charge is 2.27. The van der Waals surface area contributed by atoms with Gasteiger partial charge in [0.2, 0.25) is 5.91 Å². The second-order valence-electron chi connectivity index (χ2n) is 6.45. The molecule has 0 bridgehead atoms. The van der Waals surface area contributed by atoms with E-state index >= 15 is 0 Å². The first-order chi connectivity index (χ1) is 13.8. The molecule has 29 heavy (non-hydrogen) atoms. The van der Waals surface area contributed by atoms with E-state index in [1.54, 1.807) is 11.3 Å². The van der Waals surface area contributed by atoms with Crippen LogP contribution in [0, 0.1) is 25.2 Å². The number of thiophene rings is 1. The zero-order chi connectivity index (χ0) is 21.1. The second-order valence-corrected chi connectivity index (χ2v) is 7.97. The Balaban J connectivity index is 0.000000552. The van der Waals surface area contributed by atoms with E-state index in [1.807, 2.05) is 31.2 Å². The first kappa shape index (κ1) is 20.7. The van der Waals surface area contributed by atoms with Gasteiger partial charge in [0.1, 0.15) is 17.4 Å². The van der Waals surface area contributed by atoms with Crippen molar-refractivity contribution in [3.63, 3.8) is 0 Å². The van der Waals surface area contributed by atoms with Gasteiger partial charge in [-0.15, -0.1) is 21.5 Å².